The number of ether oxygens (including phenoxy) is 1. The van der Waals surface area contributed by atoms with Gasteiger partial charge in [0.2, 0.25) is 5.91 Å². The number of amides is 1. The predicted octanol–water partition coefficient (Wildman–Crippen LogP) is 3.57. The number of morpholine rings is 1. The van der Waals surface area contributed by atoms with Crippen molar-refractivity contribution >= 4 is 45.6 Å². The molecule has 1 fully saturated rings. The number of anilines is 3. The number of nitrogens with zero attached hydrogens (tertiary/aromatic N) is 1. The third kappa shape index (κ3) is 5.09. The van der Waals surface area contributed by atoms with Gasteiger partial charge in [-0.05, 0) is 78.0 Å². The smallest absolute Gasteiger partial charge is 0.246 e. The van der Waals surface area contributed by atoms with Gasteiger partial charge in [0, 0.05) is 33.7 Å². The van der Waals surface area contributed by atoms with Gasteiger partial charge in [-0.15, -0.1) is 0 Å². The van der Waals surface area contributed by atoms with Crippen LogP contribution in [0, 0.1) is 3.57 Å². The van der Waals surface area contributed by atoms with Crippen LogP contribution in [0.25, 0.3) is 0 Å². The highest BCUT2D eigenvalue weighted by molar-refractivity contribution is 14.1. The summed E-state index contributed by atoms with van der Waals surface area (Å²) in [7, 11) is 0. The molecule has 0 aliphatic carbocycles. The van der Waals surface area contributed by atoms with Gasteiger partial charge in [0.25, 0.3) is 0 Å². The number of carbonyl (C=O) groups is 1. The molecule has 0 saturated carbocycles. The summed E-state index contributed by atoms with van der Waals surface area (Å²) in [5.74, 6) is -0.0577. The van der Waals surface area contributed by atoms with E-state index < -0.39 is 0 Å². The van der Waals surface area contributed by atoms with E-state index in [0.29, 0.717) is 0 Å². The number of halogens is 1. The molecule has 0 bridgehead atoms. The van der Waals surface area contributed by atoms with E-state index in [1.54, 1.807) is 0 Å². The van der Waals surface area contributed by atoms with E-state index in [1.165, 1.54) is 3.57 Å². The quantitative estimate of drug-likeness (QED) is 0.683. The Morgan fingerprint density at radius 1 is 1.04 bits per heavy atom. The van der Waals surface area contributed by atoms with Crippen LogP contribution in [0.3, 0.4) is 0 Å². The molecule has 1 atom stereocenters. The Morgan fingerprint density at radius 3 is 2.28 bits per heavy atom. The molecule has 0 aromatic heterocycles. The molecule has 132 valence electrons. The topological polar surface area (TPSA) is 53.6 Å². The van der Waals surface area contributed by atoms with Gasteiger partial charge in [-0.1, -0.05) is 0 Å². The van der Waals surface area contributed by atoms with Crippen LogP contribution in [-0.4, -0.2) is 38.3 Å². The number of hydrogen-bond acceptors (Lipinski definition) is 4. The molecule has 2 aromatic carbocycles. The van der Waals surface area contributed by atoms with Crippen molar-refractivity contribution < 1.29 is 9.53 Å². The SMILES string of the molecule is CC(Nc1ccc(I)cc1)C(=O)Nc1ccc(N2CCOCC2)cc1. The molecule has 1 aliphatic heterocycles. The average Bonchev–Trinajstić information content (AvgIpc) is 2.65. The zero-order valence-electron chi connectivity index (χ0n) is 14.2. The molecule has 2 N–H and O–H groups in total. The Balaban J connectivity index is 1.55. The fraction of sp³-hybridized carbons (Fsp3) is 0.316. The number of benzene rings is 2. The van der Waals surface area contributed by atoms with Crippen LogP contribution in [0.15, 0.2) is 48.5 Å². The third-order valence-corrected chi connectivity index (χ3v) is 4.85. The molecule has 1 heterocycles. The lowest BCUT2D eigenvalue weighted by Gasteiger charge is -2.29. The van der Waals surface area contributed by atoms with Crippen LogP contribution in [0.1, 0.15) is 6.92 Å². The maximum Gasteiger partial charge on any atom is 0.246 e. The van der Waals surface area contributed by atoms with E-state index in [1.807, 2.05) is 55.5 Å². The minimum absolute atomic E-state index is 0.0577. The number of carbonyl (C=O) groups excluding carboxylic acids is 1. The Morgan fingerprint density at radius 2 is 1.64 bits per heavy atom. The van der Waals surface area contributed by atoms with Gasteiger partial charge < -0.3 is 20.3 Å². The Hall–Kier alpha value is -1.80. The van der Waals surface area contributed by atoms with Gasteiger partial charge in [-0.3, -0.25) is 4.79 Å². The molecule has 6 heteroatoms. The number of rotatable bonds is 5. The zero-order valence-corrected chi connectivity index (χ0v) is 16.3. The summed E-state index contributed by atoms with van der Waals surface area (Å²) in [6.45, 7) is 5.20. The Kier molecular flexibility index (Phi) is 6.14. The molecule has 25 heavy (non-hydrogen) atoms. The first-order chi connectivity index (χ1) is 12.1. The predicted molar refractivity (Wildman–Crippen MR) is 110 cm³/mol. The van der Waals surface area contributed by atoms with Gasteiger partial charge in [-0.2, -0.15) is 0 Å². The second-order valence-electron chi connectivity index (χ2n) is 6.01. The van der Waals surface area contributed by atoms with E-state index in [0.717, 1.165) is 43.4 Å². The van der Waals surface area contributed by atoms with Gasteiger partial charge in [0.05, 0.1) is 13.2 Å². The average molecular weight is 451 g/mol. The van der Waals surface area contributed by atoms with Crippen LogP contribution in [-0.2, 0) is 9.53 Å². The fourth-order valence-corrected chi connectivity index (χ4v) is 3.05. The summed E-state index contributed by atoms with van der Waals surface area (Å²) in [5, 5.41) is 6.17. The van der Waals surface area contributed by atoms with Crippen molar-refractivity contribution in [2.45, 2.75) is 13.0 Å². The summed E-state index contributed by atoms with van der Waals surface area (Å²) in [4.78, 5) is 14.7. The first-order valence-corrected chi connectivity index (χ1v) is 9.45. The molecule has 1 unspecified atom stereocenters. The Labute approximate surface area is 161 Å². The van der Waals surface area contributed by atoms with Crippen molar-refractivity contribution in [2.75, 3.05) is 41.8 Å². The maximum absolute atomic E-state index is 12.4. The van der Waals surface area contributed by atoms with Crippen LogP contribution in [0.2, 0.25) is 0 Å². The van der Waals surface area contributed by atoms with E-state index in [-0.39, 0.29) is 11.9 Å². The number of nitrogens with one attached hydrogen (secondary N) is 2. The van der Waals surface area contributed by atoms with Crippen molar-refractivity contribution in [1.29, 1.82) is 0 Å². The van der Waals surface area contributed by atoms with E-state index in [9.17, 15) is 4.79 Å². The van der Waals surface area contributed by atoms with Crippen LogP contribution in [0.4, 0.5) is 17.1 Å². The lowest BCUT2D eigenvalue weighted by Crippen LogP contribution is -2.36. The molecule has 1 saturated heterocycles. The molecular formula is C19H22IN3O2. The van der Waals surface area contributed by atoms with Crippen LogP contribution in [0.5, 0.6) is 0 Å². The lowest BCUT2D eigenvalue weighted by molar-refractivity contribution is -0.116. The second kappa shape index (κ2) is 8.53. The fourth-order valence-electron chi connectivity index (χ4n) is 2.69. The summed E-state index contributed by atoms with van der Waals surface area (Å²) < 4.78 is 6.54. The number of hydrogen-bond donors (Lipinski definition) is 2. The minimum atomic E-state index is -0.320. The van der Waals surface area contributed by atoms with Gasteiger partial charge in [0.15, 0.2) is 0 Å². The monoisotopic (exact) mass is 451 g/mol. The van der Waals surface area contributed by atoms with Crippen molar-refractivity contribution in [3.05, 3.63) is 52.1 Å². The van der Waals surface area contributed by atoms with Gasteiger partial charge in [-0.25, -0.2) is 0 Å². The minimum Gasteiger partial charge on any atom is -0.378 e. The highest BCUT2D eigenvalue weighted by atomic mass is 127. The first kappa shape index (κ1) is 18.0. The summed E-state index contributed by atoms with van der Waals surface area (Å²) >= 11 is 2.26. The third-order valence-electron chi connectivity index (χ3n) is 4.13. The molecule has 1 amide bonds. The molecule has 1 aliphatic rings. The van der Waals surface area contributed by atoms with Gasteiger partial charge >= 0.3 is 0 Å². The highest BCUT2D eigenvalue weighted by Crippen LogP contribution is 2.19. The van der Waals surface area contributed by atoms with Crippen LogP contribution < -0.4 is 15.5 Å². The molecular weight excluding hydrogens is 429 g/mol. The van der Waals surface area contributed by atoms with Crippen molar-refractivity contribution in [1.82, 2.24) is 0 Å². The van der Waals surface area contributed by atoms with Gasteiger partial charge in [0.1, 0.15) is 6.04 Å². The lowest BCUT2D eigenvalue weighted by atomic mass is 10.2. The Bertz CT molecular complexity index is 698. The molecule has 0 radical (unpaired) electrons. The molecule has 2 aromatic rings. The summed E-state index contributed by atoms with van der Waals surface area (Å²) in [5.41, 5.74) is 2.90. The first-order valence-electron chi connectivity index (χ1n) is 8.37. The summed E-state index contributed by atoms with van der Waals surface area (Å²) in [6.07, 6.45) is 0. The standard InChI is InChI=1S/C19H22IN3O2/c1-14(21-16-4-2-15(20)3-5-16)19(24)22-17-6-8-18(9-7-17)23-10-12-25-13-11-23/h2-9,14,21H,10-13H2,1H3,(H,22,24). The normalized spacial score (nSPS) is 15.5. The van der Waals surface area contributed by atoms with Crippen LogP contribution >= 0.6 is 22.6 Å². The largest absolute Gasteiger partial charge is 0.378 e. The molecule has 5 nitrogen and oxygen atoms in total. The molecule has 0 spiro atoms. The van der Waals surface area contributed by atoms with E-state index in [2.05, 4.69) is 38.1 Å². The van der Waals surface area contributed by atoms with Crippen molar-refractivity contribution in [3.8, 4) is 0 Å². The van der Waals surface area contributed by atoms with E-state index in [4.69, 9.17) is 4.74 Å². The van der Waals surface area contributed by atoms with Crippen molar-refractivity contribution in [3.63, 3.8) is 0 Å². The summed E-state index contributed by atoms with van der Waals surface area (Å²) in [6, 6.07) is 15.6. The zero-order chi connectivity index (χ0) is 17.6. The second-order valence-corrected chi connectivity index (χ2v) is 7.25. The van der Waals surface area contributed by atoms with Crippen molar-refractivity contribution in [2.24, 2.45) is 0 Å². The molecule has 3 rings (SSSR count). The highest BCUT2D eigenvalue weighted by Gasteiger charge is 2.14. The maximum atomic E-state index is 12.4. The van der Waals surface area contributed by atoms with E-state index >= 15 is 0 Å².